The van der Waals surface area contributed by atoms with E-state index in [4.69, 9.17) is 0 Å². The molecule has 0 bridgehead atoms. The lowest BCUT2D eigenvalue weighted by Crippen LogP contribution is -2.19. The molecule has 0 aliphatic heterocycles. The van der Waals surface area contributed by atoms with Crippen molar-refractivity contribution in [1.29, 1.82) is 0 Å². The van der Waals surface area contributed by atoms with Crippen LogP contribution in [0.1, 0.15) is 30.7 Å². The molecule has 9 rings (SSSR count). The zero-order valence-corrected chi connectivity index (χ0v) is 28.0. The highest BCUT2D eigenvalue weighted by Crippen LogP contribution is 2.41. The molecule has 50 heavy (non-hydrogen) atoms. The number of rotatable bonds is 7. The predicted octanol–water partition coefficient (Wildman–Crippen LogP) is 13.1. The standard InChI is InChI=1S/C48H38N2/c1-4-12-35(13-5-1)37-20-27-42(28-21-37)49(41-16-8-3-9-17-41)43-29-24-39(25-30-43)40-26-33-48-46(34-40)45-18-10-11-19-47(45)50(48)44-31-22-38(23-32-44)36-14-6-2-7-15-36/h1-23,26-29,31-34,39H,24-25,30H2. The van der Waals surface area contributed by atoms with Gasteiger partial charge in [0.05, 0.1) is 11.0 Å². The third kappa shape index (κ3) is 5.59. The highest BCUT2D eigenvalue weighted by molar-refractivity contribution is 6.09. The van der Waals surface area contributed by atoms with Gasteiger partial charge in [-0.15, -0.1) is 0 Å². The SMILES string of the molecule is C1=C(N(c2ccccc2)c2ccc(-c3ccccc3)cc2)CCC(c2ccc3c(c2)c2ccccc2n3-c2ccc(-c3ccccc3)cc2)C1. The smallest absolute Gasteiger partial charge is 0.0541 e. The van der Waals surface area contributed by atoms with Crippen LogP contribution in [0.5, 0.6) is 0 Å². The number of aromatic nitrogens is 1. The minimum atomic E-state index is 0.480. The molecule has 2 nitrogen and oxygen atoms in total. The number of anilines is 2. The van der Waals surface area contributed by atoms with Crippen LogP contribution in [0.25, 0.3) is 49.7 Å². The second-order valence-corrected chi connectivity index (χ2v) is 13.3. The molecule has 1 atom stereocenters. The molecule has 240 valence electrons. The molecule has 1 heterocycles. The zero-order valence-electron chi connectivity index (χ0n) is 28.0. The first-order chi connectivity index (χ1) is 24.8. The normalized spacial score (nSPS) is 14.5. The lowest BCUT2D eigenvalue weighted by molar-refractivity contribution is 0.594. The van der Waals surface area contributed by atoms with Crippen LogP contribution in [0.2, 0.25) is 0 Å². The quantitative estimate of drug-likeness (QED) is 0.168. The minimum Gasteiger partial charge on any atom is -0.315 e. The Labute approximate surface area is 294 Å². The summed E-state index contributed by atoms with van der Waals surface area (Å²) in [5, 5.41) is 2.63. The maximum Gasteiger partial charge on any atom is 0.0541 e. The largest absolute Gasteiger partial charge is 0.315 e. The number of fused-ring (bicyclic) bond motifs is 3. The predicted molar refractivity (Wildman–Crippen MR) is 211 cm³/mol. The first kappa shape index (κ1) is 30.0. The third-order valence-electron chi connectivity index (χ3n) is 10.3. The van der Waals surface area contributed by atoms with Gasteiger partial charge < -0.3 is 9.47 Å². The summed E-state index contributed by atoms with van der Waals surface area (Å²) in [6.45, 7) is 0. The van der Waals surface area contributed by atoms with E-state index in [1.54, 1.807) is 0 Å². The molecule has 2 heteroatoms. The van der Waals surface area contributed by atoms with Crippen LogP contribution in [-0.4, -0.2) is 4.57 Å². The molecule has 8 aromatic rings. The molecule has 0 spiro atoms. The Morgan fingerprint density at radius 3 is 1.64 bits per heavy atom. The summed E-state index contributed by atoms with van der Waals surface area (Å²) < 4.78 is 2.42. The fourth-order valence-corrected chi connectivity index (χ4v) is 7.77. The summed E-state index contributed by atoms with van der Waals surface area (Å²) in [6, 6.07) is 66.1. The fraction of sp³-hybridized carbons (Fsp3) is 0.0833. The molecular weight excluding hydrogens is 605 g/mol. The maximum atomic E-state index is 2.48. The molecule has 0 saturated carbocycles. The van der Waals surface area contributed by atoms with Crippen molar-refractivity contribution in [2.75, 3.05) is 4.90 Å². The molecule has 7 aromatic carbocycles. The fourth-order valence-electron chi connectivity index (χ4n) is 7.77. The van der Waals surface area contributed by atoms with Gasteiger partial charge in [-0.2, -0.15) is 0 Å². The maximum absolute atomic E-state index is 2.48. The van der Waals surface area contributed by atoms with Crippen LogP contribution in [0.4, 0.5) is 11.4 Å². The lowest BCUT2D eigenvalue weighted by Gasteiger charge is -2.32. The number of benzene rings is 7. The van der Waals surface area contributed by atoms with Crippen LogP contribution in [0.15, 0.2) is 194 Å². The summed E-state index contributed by atoms with van der Waals surface area (Å²) in [5.74, 6) is 0.480. The summed E-state index contributed by atoms with van der Waals surface area (Å²) in [6.07, 6.45) is 5.63. The van der Waals surface area contributed by atoms with E-state index in [1.165, 1.54) is 72.4 Å². The molecule has 1 aromatic heterocycles. The van der Waals surface area contributed by atoms with Crippen molar-refractivity contribution in [2.24, 2.45) is 0 Å². The first-order valence-corrected chi connectivity index (χ1v) is 17.7. The summed E-state index contributed by atoms with van der Waals surface area (Å²) >= 11 is 0. The average molecular weight is 643 g/mol. The van der Waals surface area contributed by atoms with Gasteiger partial charge in [0.1, 0.15) is 0 Å². The van der Waals surface area contributed by atoms with Gasteiger partial charge >= 0.3 is 0 Å². The van der Waals surface area contributed by atoms with Gasteiger partial charge in [0.15, 0.2) is 0 Å². The van der Waals surface area contributed by atoms with E-state index in [1.807, 2.05) is 0 Å². The van der Waals surface area contributed by atoms with Gasteiger partial charge in [-0.3, -0.25) is 0 Å². The van der Waals surface area contributed by atoms with Crippen molar-refractivity contribution < 1.29 is 0 Å². The van der Waals surface area contributed by atoms with Crippen molar-refractivity contribution in [2.45, 2.75) is 25.2 Å². The monoisotopic (exact) mass is 642 g/mol. The first-order valence-electron chi connectivity index (χ1n) is 17.7. The third-order valence-corrected chi connectivity index (χ3v) is 10.3. The minimum absolute atomic E-state index is 0.480. The van der Waals surface area contributed by atoms with E-state index in [0.29, 0.717) is 5.92 Å². The number of hydrogen-bond donors (Lipinski definition) is 0. The van der Waals surface area contributed by atoms with E-state index in [2.05, 4.69) is 198 Å². The van der Waals surface area contributed by atoms with E-state index in [-0.39, 0.29) is 0 Å². The van der Waals surface area contributed by atoms with Gasteiger partial charge in [-0.1, -0.05) is 133 Å². The van der Waals surface area contributed by atoms with E-state index < -0.39 is 0 Å². The van der Waals surface area contributed by atoms with Gasteiger partial charge in [-0.05, 0) is 108 Å². The van der Waals surface area contributed by atoms with Crippen LogP contribution < -0.4 is 4.90 Å². The highest BCUT2D eigenvalue weighted by Gasteiger charge is 2.23. The van der Waals surface area contributed by atoms with Crippen molar-refractivity contribution >= 4 is 33.2 Å². The van der Waals surface area contributed by atoms with E-state index in [9.17, 15) is 0 Å². The molecule has 1 aliphatic rings. The molecule has 0 amide bonds. The lowest BCUT2D eigenvalue weighted by atomic mass is 9.85. The Hall–Kier alpha value is -6.12. The molecule has 0 saturated heterocycles. The topological polar surface area (TPSA) is 8.17 Å². The van der Waals surface area contributed by atoms with Gasteiger partial charge in [0.25, 0.3) is 0 Å². The van der Waals surface area contributed by atoms with Crippen LogP contribution in [0.3, 0.4) is 0 Å². The van der Waals surface area contributed by atoms with Crippen molar-refractivity contribution in [3.63, 3.8) is 0 Å². The molecule has 0 N–H and O–H groups in total. The van der Waals surface area contributed by atoms with E-state index in [0.717, 1.165) is 19.3 Å². The molecule has 1 unspecified atom stereocenters. The average Bonchev–Trinajstić information content (AvgIpc) is 3.53. The van der Waals surface area contributed by atoms with Crippen molar-refractivity contribution in [1.82, 2.24) is 4.57 Å². The summed E-state index contributed by atoms with van der Waals surface area (Å²) in [4.78, 5) is 2.45. The van der Waals surface area contributed by atoms with Crippen LogP contribution >= 0.6 is 0 Å². The molecule has 0 fully saturated rings. The zero-order chi connectivity index (χ0) is 33.3. The Bertz CT molecular complexity index is 2420. The second kappa shape index (κ2) is 13.1. The van der Waals surface area contributed by atoms with Crippen molar-refractivity contribution in [3.05, 3.63) is 199 Å². The van der Waals surface area contributed by atoms with Crippen LogP contribution in [0, 0.1) is 0 Å². The highest BCUT2D eigenvalue weighted by atomic mass is 15.1. The Kier molecular flexibility index (Phi) is 7.83. The van der Waals surface area contributed by atoms with Crippen LogP contribution in [-0.2, 0) is 0 Å². The number of nitrogens with zero attached hydrogens (tertiary/aromatic N) is 2. The second-order valence-electron chi connectivity index (χ2n) is 13.3. The van der Waals surface area contributed by atoms with Crippen molar-refractivity contribution in [3.8, 4) is 27.9 Å². The number of hydrogen-bond acceptors (Lipinski definition) is 1. The van der Waals surface area contributed by atoms with Gasteiger partial charge in [-0.25, -0.2) is 0 Å². The van der Waals surface area contributed by atoms with Gasteiger partial charge in [0.2, 0.25) is 0 Å². The Morgan fingerprint density at radius 2 is 1.00 bits per heavy atom. The molecule has 1 aliphatic carbocycles. The number of para-hydroxylation sites is 2. The summed E-state index contributed by atoms with van der Waals surface area (Å²) in [5.41, 5.74) is 13.8. The molecule has 0 radical (unpaired) electrons. The Balaban J connectivity index is 1.03. The summed E-state index contributed by atoms with van der Waals surface area (Å²) in [7, 11) is 0. The van der Waals surface area contributed by atoms with E-state index >= 15 is 0 Å². The molecular formula is C48H38N2. The number of allylic oxidation sites excluding steroid dienone is 2. The Morgan fingerprint density at radius 1 is 0.460 bits per heavy atom. The van der Waals surface area contributed by atoms with Gasteiger partial charge in [0, 0.05) is 33.5 Å².